The average molecular weight is 504 g/mol. The Morgan fingerprint density at radius 3 is 1.75 bits per heavy atom. The molecule has 1 atom stereocenters. The molecular formula is C29H30NO5P. The number of benzene rings is 3. The molecule has 36 heavy (non-hydrogen) atoms. The van der Waals surface area contributed by atoms with Gasteiger partial charge in [0.15, 0.2) is 0 Å². The molecule has 3 aromatic carbocycles. The number of methoxy groups -OCH3 is 2. The number of esters is 2. The van der Waals surface area contributed by atoms with E-state index >= 15 is 0 Å². The molecule has 0 bridgehead atoms. The summed E-state index contributed by atoms with van der Waals surface area (Å²) < 4.78 is 19.9. The van der Waals surface area contributed by atoms with Crippen molar-refractivity contribution >= 4 is 18.9 Å². The van der Waals surface area contributed by atoms with Gasteiger partial charge in [-0.05, 0) is 0 Å². The maximum atomic E-state index is 13.7. The predicted octanol–water partition coefficient (Wildman–Crippen LogP) is 5.26. The van der Waals surface area contributed by atoms with Crippen LogP contribution >= 0.6 is 6.98 Å². The number of hydrogen-bond acceptors (Lipinski definition) is 6. The van der Waals surface area contributed by atoms with Crippen molar-refractivity contribution in [1.82, 2.24) is 4.67 Å². The minimum absolute atomic E-state index is 0.253. The van der Waals surface area contributed by atoms with Gasteiger partial charge >= 0.3 is 211 Å². The zero-order valence-corrected chi connectivity index (χ0v) is 21.8. The van der Waals surface area contributed by atoms with Gasteiger partial charge in [0.25, 0.3) is 0 Å². The molecule has 2 heterocycles. The molecule has 0 amide bonds. The summed E-state index contributed by atoms with van der Waals surface area (Å²) >= 11 is 0. The van der Waals surface area contributed by atoms with E-state index in [1.54, 1.807) is 0 Å². The van der Waals surface area contributed by atoms with Crippen LogP contribution in [0.25, 0.3) is 0 Å². The van der Waals surface area contributed by atoms with Gasteiger partial charge in [-0.15, -0.1) is 0 Å². The normalized spacial score (nSPS) is 22.8. The third-order valence-corrected chi connectivity index (χ3v) is 11.9. The second-order valence-corrected chi connectivity index (χ2v) is 14.7. The number of carbonyl (C=O) groups excluding carboxylic acids is 2. The number of hydrogen-bond donors (Lipinski definition) is 0. The van der Waals surface area contributed by atoms with Crippen molar-refractivity contribution in [3.63, 3.8) is 0 Å². The molecule has 5 rings (SSSR count). The van der Waals surface area contributed by atoms with E-state index in [4.69, 9.17) is 14.0 Å². The van der Waals surface area contributed by atoms with Gasteiger partial charge in [-0.1, -0.05) is 0 Å². The van der Waals surface area contributed by atoms with Gasteiger partial charge in [0.1, 0.15) is 0 Å². The Balaban J connectivity index is 1.92. The molecule has 0 radical (unpaired) electrons. The first kappa shape index (κ1) is 24.4. The number of nitrogens with zero attached hydrogens (tertiary/aromatic N) is 1. The van der Waals surface area contributed by atoms with Crippen LogP contribution in [0.3, 0.4) is 0 Å². The summed E-state index contributed by atoms with van der Waals surface area (Å²) in [6.07, 6.45) is -0.301. The summed E-state index contributed by atoms with van der Waals surface area (Å²) in [5, 5.41) is 0.265. The summed E-state index contributed by atoms with van der Waals surface area (Å²) in [6.45, 7) is 0.705. The standard InChI is InChI=1S/C29H30NO5P/c1-33-27(31)25-26(28(32)34-2)36(3,4)30(20-24(35-36)21-14-8-5-9-15-21)29(25,22-16-10-6-11-17-22)23-18-12-7-13-19-23/h5-19,24H,20H2,1-4H3/t24-/m1/s1. The predicted molar refractivity (Wildman–Crippen MR) is 140 cm³/mol. The van der Waals surface area contributed by atoms with E-state index in [9.17, 15) is 9.59 Å². The Bertz CT molecular complexity index is 1300. The Labute approximate surface area is 211 Å². The zero-order valence-electron chi connectivity index (χ0n) is 20.9. The fourth-order valence-electron chi connectivity index (χ4n) is 5.98. The third kappa shape index (κ3) is 3.29. The van der Waals surface area contributed by atoms with Crippen molar-refractivity contribution in [1.29, 1.82) is 0 Å². The SMILES string of the molecule is COC(=O)C1=C(C(=O)OC)P2(C)(C)O[C@@H](c3ccccc3)CN2C1(c1ccccc1)c1ccccc1. The molecule has 186 valence electrons. The molecule has 1 saturated heterocycles. The van der Waals surface area contributed by atoms with Gasteiger partial charge in [-0.2, -0.15) is 0 Å². The van der Waals surface area contributed by atoms with E-state index in [1.165, 1.54) is 14.2 Å². The monoisotopic (exact) mass is 503 g/mol. The molecule has 6 nitrogen and oxygen atoms in total. The van der Waals surface area contributed by atoms with Crippen LogP contribution in [0.5, 0.6) is 0 Å². The molecule has 0 aromatic heterocycles. The number of rotatable bonds is 5. The van der Waals surface area contributed by atoms with Crippen molar-refractivity contribution in [3.05, 3.63) is 119 Å². The Morgan fingerprint density at radius 2 is 1.28 bits per heavy atom. The maximum absolute atomic E-state index is 13.7. The van der Waals surface area contributed by atoms with E-state index in [0.717, 1.165) is 16.7 Å². The minimum atomic E-state index is -3.73. The van der Waals surface area contributed by atoms with Crippen LogP contribution in [0.15, 0.2) is 102 Å². The van der Waals surface area contributed by atoms with Crippen LogP contribution < -0.4 is 0 Å². The van der Waals surface area contributed by atoms with Crippen LogP contribution in [0.4, 0.5) is 0 Å². The van der Waals surface area contributed by atoms with Gasteiger partial charge < -0.3 is 0 Å². The van der Waals surface area contributed by atoms with Gasteiger partial charge in [-0.3, -0.25) is 0 Å². The molecule has 1 fully saturated rings. The van der Waals surface area contributed by atoms with Gasteiger partial charge in [0.2, 0.25) is 0 Å². The van der Waals surface area contributed by atoms with E-state index < -0.39 is 24.5 Å². The Hall–Kier alpha value is -3.31. The van der Waals surface area contributed by atoms with E-state index in [-0.39, 0.29) is 17.0 Å². The molecule has 0 saturated carbocycles. The summed E-state index contributed by atoms with van der Waals surface area (Å²) in [7, 11) is 2.68. The molecule has 0 unspecified atom stereocenters. The first-order valence-corrected chi connectivity index (χ1v) is 14.8. The average Bonchev–Trinajstić information content (AvgIpc) is 3.31. The van der Waals surface area contributed by atoms with Gasteiger partial charge in [0, 0.05) is 0 Å². The molecule has 3 aromatic rings. The molecule has 2 aliphatic heterocycles. The van der Waals surface area contributed by atoms with Crippen LogP contribution in [0, 0.1) is 0 Å². The van der Waals surface area contributed by atoms with Crippen molar-refractivity contribution < 1.29 is 23.6 Å². The van der Waals surface area contributed by atoms with Crippen LogP contribution in [0.2, 0.25) is 0 Å². The van der Waals surface area contributed by atoms with Crippen molar-refractivity contribution in [2.75, 3.05) is 34.1 Å². The van der Waals surface area contributed by atoms with Crippen LogP contribution in [-0.4, -0.2) is 50.7 Å². The quantitative estimate of drug-likeness (QED) is 0.350. The van der Waals surface area contributed by atoms with Crippen molar-refractivity contribution in [2.45, 2.75) is 11.6 Å². The van der Waals surface area contributed by atoms with Crippen molar-refractivity contribution in [3.8, 4) is 0 Å². The summed E-state index contributed by atoms with van der Waals surface area (Å²) in [5.41, 5.74) is 1.85. The Kier molecular flexibility index (Phi) is 5.87. The summed E-state index contributed by atoms with van der Waals surface area (Å²) in [5.74, 6) is -1.16. The molecule has 0 N–H and O–H groups in total. The van der Waals surface area contributed by atoms with Crippen LogP contribution in [0.1, 0.15) is 22.8 Å². The van der Waals surface area contributed by atoms with Gasteiger partial charge in [-0.25, -0.2) is 0 Å². The molecule has 0 aliphatic carbocycles. The number of fused-ring (bicyclic) bond motifs is 1. The second kappa shape index (κ2) is 8.67. The van der Waals surface area contributed by atoms with E-state index in [1.807, 2.05) is 104 Å². The fourth-order valence-corrected chi connectivity index (χ4v) is 10.7. The van der Waals surface area contributed by atoms with E-state index in [0.29, 0.717) is 6.54 Å². The first-order chi connectivity index (χ1) is 17.3. The fraction of sp³-hybridized carbons (Fsp3) is 0.241. The second-order valence-electron chi connectivity index (χ2n) is 9.67. The summed E-state index contributed by atoms with van der Waals surface area (Å²) in [6, 6.07) is 29.6. The topological polar surface area (TPSA) is 65.1 Å². The Morgan fingerprint density at radius 1 is 0.806 bits per heavy atom. The summed E-state index contributed by atoms with van der Waals surface area (Å²) in [4.78, 5) is 27.4. The number of ether oxygens (including phenoxy) is 2. The van der Waals surface area contributed by atoms with Crippen molar-refractivity contribution in [2.24, 2.45) is 0 Å². The van der Waals surface area contributed by atoms with E-state index in [2.05, 4.69) is 4.67 Å². The molecule has 0 spiro atoms. The van der Waals surface area contributed by atoms with Gasteiger partial charge in [0.05, 0.1) is 0 Å². The first-order valence-electron chi connectivity index (χ1n) is 11.8. The van der Waals surface area contributed by atoms with Crippen LogP contribution in [-0.2, 0) is 29.1 Å². The molecule has 2 aliphatic rings. The molecular weight excluding hydrogens is 473 g/mol. The molecule has 7 heteroatoms. The third-order valence-electron chi connectivity index (χ3n) is 7.43. The number of carbonyl (C=O) groups is 2. The zero-order chi connectivity index (χ0) is 25.6.